The Morgan fingerprint density at radius 1 is 1.15 bits per heavy atom. The maximum absolute atomic E-state index is 13.2. The van der Waals surface area contributed by atoms with Gasteiger partial charge in [0.2, 0.25) is 10.0 Å². The van der Waals surface area contributed by atoms with Gasteiger partial charge in [-0.15, -0.1) is 0 Å². The van der Waals surface area contributed by atoms with Gasteiger partial charge in [0.15, 0.2) is 5.69 Å². The minimum absolute atomic E-state index is 0.0998. The summed E-state index contributed by atoms with van der Waals surface area (Å²) >= 11 is 0. The average molecular weight is 551 g/mol. The fraction of sp³-hybridized carbons (Fsp3) is 0.269. The highest BCUT2D eigenvalue weighted by Gasteiger charge is 2.29. The smallest absolute Gasteiger partial charge is 0.323 e. The molecule has 4 rings (SSSR count). The van der Waals surface area contributed by atoms with E-state index in [9.17, 15) is 27.9 Å². The maximum atomic E-state index is 13.2. The van der Waals surface area contributed by atoms with Crippen molar-refractivity contribution in [2.45, 2.75) is 37.4 Å². The Hall–Kier alpha value is -4.54. The number of hydrogen-bond acceptors (Lipinski definition) is 7. The lowest BCUT2D eigenvalue weighted by Crippen LogP contribution is -2.48. The first kappa shape index (κ1) is 27.5. The molecule has 202 valence electrons. The van der Waals surface area contributed by atoms with Gasteiger partial charge in [-0.25, -0.2) is 8.42 Å². The van der Waals surface area contributed by atoms with E-state index in [0.717, 1.165) is 11.1 Å². The highest BCUT2D eigenvalue weighted by Crippen LogP contribution is 2.17. The number of aromatic nitrogens is 2. The minimum atomic E-state index is -4.15. The van der Waals surface area contributed by atoms with Crippen LogP contribution in [-0.2, 0) is 27.9 Å². The van der Waals surface area contributed by atoms with Gasteiger partial charge < -0.3 is 15.3 Å². The minimum Gasteiger partial charge on any atom is -0.480 e. The molecule has 0 saturated heterocycles. The lowest BCUT2D eigenvalue weighted by Gasteiger charge is -2.20. The molecule has 3 N–H and O–H groups in total. The van der Waals surface area contributed by atoms with Crippen LogP contribution in [0, 0.1) is 18.3 Å². The number of carboxylic acid groups (broad SMARTS) is 1. The summed E-state index contributed by atoms with van der Waals surface area (Å²) in [6, 6.07) is 14.6. The molecule has 1 aliphatic heterocycles. The monoisotopic (exact) mass is 550 g/mol. The van der Waals surface area contributed by atoms with E-state index < -0.39 is 34.5 Å². The van der Waals surface area contributed by atoms with E-state index in [1.165, 1.54) is 22.9 Å². The molecular formula is C26H26N6O6S. The Kier molecular flexibility index (Phi) is 8.08. The van der Waals surface area contributed by atoms with Gasteiger partial charge in [-0.2, -0.15) is 15.1 Å². The molecule has 0 bridgehead atoms. The molecule has 3 aromatic rings. The molecule has 1 aromatic heterocycles. The third kappa shape index (κ3) is 6.49. The number of nitrogens with zero attached hydrogens (tertiary/aromatic N) is 4. The molecule has 0 saturated carbocycles. The second kappa shape index (κ2) is 11.5. The van der Waals surface area contributed by atoms with Gasteiger partial charge in [-0.3, -0.25) is 19.1 Å². The number of carbonyl (C=O) groups is 3. The highest BCUT2D eigenvalue weighted by molar-refractivity contribution is 7.89. The Bertz CT molecular complexity index is 1560. The number of amides is 2. The fourth-order valence-corrected chi connectivity index (χ4v) is 5.28. The fourth-order valence-electron chi connectivity index (χ4n) is 4.09. The van der Waals surface area contributed by atoms with Crippen molar-refractivity contribution >= 4 is 27.8 Å². The van der Waals surface area contributed by atoms with E-state index in [1.54, 1.807) is 42.2 Å². The average Bonchev–Trinajstić information content (AvgIpc) is 3.28. The van der Waals surface area contributed by atoms with Gasteiger partial charge in [0, 0.05) is 32.2 Å². The van der Waals surface area contributed by atoms with Crippen molar-refractivity contribution in [1.29, 1.82) is 5.26 Å². The van der Waals surface area contributed by atoms with Crippen LogP contribution in [0.3, 0.4) is 0 Å². The van der Waals surface area contributed by atoms with Crippen LogP contribution in [0.15, 0.2) is 59.5 Å². The number of benzene rings is 2. The first-order chi connectivity index (χ1) is 18.6. The van der Waals surface area contributed by atoms with Crippen molar-refractivity contribution in [3.05, 3.63) is 82.7 Å². The van der Waals surface area contributed by atoms with E-state index in [0.29, 0.717) is 25.1 Å². The lowest BCUT2D eigenvalue weighted by atomic mass is 10.1. The quantitative estimate of drug-likeness (QED) is 0.357. The Labute approximate surface area is 224 Å². The molecule has 0 spiro atoms. The molecule has 1 aliphatic rings. The Balaban J connectivity index is 1.44. The molecule has 39 heavy (non-hydrogen) atoms. The molecule has 12 nitrogen and oxygen atoms in total. The summed E-state index contributed by atoms with van der Waals surface area (Å²) in [5.41, 5.74) is 2.21. The van der Waals surface area contributed by atoms with Crippen LogP contribution in [0.2, 0.25) is 0 Å². The molecule has 0 fully saturated rings. The van der Waals surface area contributed by atoms with Gasteiger partial charge in [0.1, 0.15) is 11.7 Å². The number of nitriles is 1. The van der Waals surface area contributed by atoms with Gasteiger partial charge in [-0.05, 0) is 43.2 Å². The second-order valence-electron chi connectivity index (χ2n) is 9.07. The van der Waals surface area contributed by atoms with Crippen molar-refractivity contribution in [2.75, 3.05) is 13.1 Å². The van der Waals surface area contributed by atoms with Crippen LogP contribution in [0.4, 0.5) is 0 Å². The van der Waals surface area contributed by atoms with Gasteiger partial charge in [-0.1, -0.05) is 29.8 Å². The largest absolute Gasteiger partial charge is 0.480 e. The summed E-state index contributed by atoms with van der Waals surface area (Å²) in [6.07, 6.45) is 0.585. The summed E-state index contributed by atoms with van der Waals surface area (Å²) in [5.74, 6) is -2.56. The zero-order chi connectivity index (χ0) is 28.2. The molecule has 2 amide bonds. The normalized spacial score (nSPS) is 14.2. The third-order valence-corrected chi connectivity index (χ3v) is 7.63. The number of hydrogen-bond donors (Lipinski definition) is 3. The standard InChI is InChI=1S/C26H26N6O6S/c1-17-6-8-20(9-7-17)39(37,38)30-22(26(35)36)15-28-24(33)21-13-23-25(34)31(10-3-11-32(23)29-21)16-19-5-2-4-18(12-19)14-27/h2,4-9,12-13,22,30H,3,10-11,15-16H2,1H3,(H,28,33)(H,35,36)/t22-/m0/s1. The summed E-state index contributed by atoms with van der Waals surface area (Å²) in [4.78, 5) is 39.2. The second-order valence-corrected chi connectivity index (χ2v) is 10.8. The molecule has 2 aromatic carbocycles. The molecule has 2 heterocycles. The van der Waals surface area contributed by atoms with Crippen molar-refractivity contribution in [1.82, 2.24) is 24.7 Å². The van der Waals surface area contributed by atoms with Crippen LogP contribution < -0.4 is 10.0 Å². The van der Waals surface area contributed by atoms with E-state index >= 15 is 0 Å². The van der Waals surface area contributed by atoms with Crippen LogP contribution in [0.25, 0.3) is 0 Å². The predicted octanol–water partition coefficient (Wildman–Crippen LogP) is 1.27. The molecule has 0 unspecified atom stereocenters. The number of nitrogens with one attached hydrogen (secondary N) is 2. The van der Waals surface area contributed by atoms with Crippen molar-refractivity contribution < 1.29 is 27.9 Å². The van der Waals surface area contributed by atoms with Crippen molar-refractivity contribution in [3.8, 4) is 6.07 Å². The highest BCUT2D eigenvalue weighted by atomic mass is 32.2. The molecule has 0 radical (unpaired) electrons. The zero-order valence-electron chi connectivity index (χ0n) is 21.0. The topological polar surface area (TPSA) is 174 Å². The Morgan fingerprint density at radius 3 is 2.59 bits per heavy atom. The zero-order valence-corrected chi connectivity index (χ0v) is 21.8. The van der Waals surface area contributed by atoms with Gasteiger partial charge in [0.25, 0.3) is 11.8 Å². The Morgan fingerprint density at radius 2 is 1.90 bits per heavy atom. The molecule has 0 aliphatic carbocycles. The van der Waals surface area contributed by atoms with E-state index in [4.69, 9.17) is 5.26 Å². The number of sulfonamides is 1. The van der Waals surface area contributed by atoms with Crippen molar-refractivity contribution in [3.63, 3.8) is 0 Å². The summed E-state index contributed by atoms with van der Waals surface area (Å²) in [7, 11) is -4.15. The summed E-state index contributed by atoms with van der Waals surface area (Å²) in [6.45, 7) is 2.37. The predicted molar refractivity (Wildman–Crippen MR) is 138 cm³/mol. The summed E-state index contributed by atoms with van der Waals surface area (Å²) in [5, 5.41) is 25.3. The van der Waals surface area contributed by atoms with E-state index in [1.807, 2.05) is 6.07 Å². The molecule has 1 atom stereocenters. The van der Waals surface area contributed by atoms with E-state index in [-0.39, 0.29) is 28.7 Å². The van der Waals surface area contributed by atoms with Gasteiger partial charge >= 0.3 is 5.97 Å². The number of fused-ring (bicyclic) bond motifs is 1. The van der Waals surface area contributed by atoms with Crippen LogP contribution in [0.1, 0.15) is 44.1 Å². The molecular weight excluding hydrogens is 524 g/mol. The third-order valence-electron chi connectivity index (χ3n) is 6.14. The number of aliphatic carboxylic acids is 1. The molecule has 13 heteroatoms. The number of carbonyl (C=O) groups excluding carboxylic acids is 2. The van der Waals surface area contributed by atoms with Gasteiger partial charge in [0.05, 0.1) is 16.5 Å². The van der Waals surface area contributed by atoms with Crippen molar-refractivity contribution in [2.24, 2.45) is 0 Å². The van der Waals surface area contributed by atoms with Crippen LogP contribution in [-0.4, -0.2) is 65.1 Å². The summed E-state index contributed by atoms with van der Waals surface area (Å²) < 4.78 is 28.7. The van der Waals surface area contributed by atoms with Crippen LogP contribution >= 0.6 is 0 Å². The maximum Gasteiger partial charge on any atom is 0.323 e. The van der Waals surface area contributed by atoms with Crippen LogP contribution in [0.5, 0.6) is 0 Å². The SMILES string of the molecule is Cc1ccc(S(=O)(=O)N[C@@H](CNC(=O)c2cc3n(n2)CCCN(Cc2cccc(C#N)c2)C3=O)C(=O)O)cc1. The van der Waals surface area contributed by atoms with E-state index in [2.05, 4.69) is 21.2 Å². The first-order valence-electron chi connectivity index (χ1n) is 12.0. The lowest BCUT2D eigenvalue weighted by molar-refractivity contribution is -0.138. The first-order valence-corrected chi connectivity index (χ1v) is 13.5. The number of rotatable bonds is 9. The number of aryl methyl sites for hydroxylation is 2. The number of carboxylic acids is 1.